The van der Waals surface area contributed by atoms with E-state index in [0.717, 1.165) is 24.1 Å². The van der Waals surface area contributed by atoms with Crippen LogP contribution in [0.2, 0.25) is 0 Å². The van der Waals surface area contributed by atoms with E-state index in [9.17, 15) is 0 Å². The van der Waals surface area contributed by atoms with Crippen LogP contribution in [0.15, 0.2) is 29.5 Å². The maximum Gasteiger partial charge on any atom is 0.157 e. The maximum absolute atomic E-state index is 4.73. The summed E-state index contributed by atoms with van der Waals surface area (Å²) in [5.74, 6) is 2.05. The molecule has 1 aliphatic carbocycles. The van der Waals surface area contributed by atoms with Gasteiger partial charge in [-0.25, -0.2) is 0 Å². The Bertz CT molecular complexity index is 474. The molecule has 3 nitrogen and oxygen atoms in total. The van der Waals surface area contributed by atoms with Gasteiger partial charge in [0.1, 0.15) is 0 Å². The maximum atomic E-state index is 4.73. The highest BCUT2D eigenvalue weighted by molar-refractivity contribution is 8.14. The standard InChI is InChI=1S/C16H23N3S/c1-13-4-2-7-16(10-13)12-20-15(19-16)18-9-6-14-5-3-8-17-11-14/h3,5,8,11,13H,2,4,6-7,9-10,12H2,1H3,(H,18,19). The van der Waals surface area contributed by atoms with Crippen LogP contribution in [-0.4, -0.2) is 28.0 Å². The molecule has 108 valence electrons. The SMILES string of the molecule is CC1CCCC2(CSC(=NCCc3cccnc3)N2)C1. The lowest BCUT2D eigenvalue weighted by Crippen LogP contribution is -2.47. The molecule has 1 spiro atoms. The van der Waals surface area contributed by atoms with Gasteiger partial charge in [0.15, 0.2) is 5.17 Å². The minimum absolute atomic E-state index is 0.343. The highest BCUT2D eigenvalue weighted by Crippen LogP contribution is 2.38. The van der Waals surface area contributed by atoms with Crippen LogP contribution in [0, 0.1) is 5.92 Å². The van der Waals surface area contributed by atoms with E-state index in [1.165, 1.54) is 37.0 Å². The number of thioether (sulfide) groups is 1. The fourth-order valence-corrected chi connectivity index (χ4v) is 4.55. The normalized spacial score (nSPS) is 31.6. The van der Waals surface area contributed by atoms with Gasteiger partial charge in [-0.2, -0.15) is 0 Å². The molecule has 1 saturated carbocycles. The summed E-state index contributed by atoms with van der Waals surface area (Å²) in [6.07, 6.45) is 10.1. The minimum atomic E-state index is 0.343. The van der Waals surface area contributed by atoms with Gasteiger partial charge in [0, 0.05) is 30.2 Å². The third-order valence-electron chi connectivity index (χ3n) is 4.33. The lowest BCUT2D eigenvalue weighted by molar-refractivity contribution is 0.242. The van der Waals surface area contributed by atoms with Crippen molar-refractivity contribution in [3.63, 3.8) is 0 Å². The topological polar surface area (TPSA) is 37.3 Å². The molecule has 20 heavy (non-hydrogen) atoms. The average Bonchev–Trinajstić information content (AvgIpc) is 2.82. The summed E-state index contributed by atoms with van der Waals surface area (Å²) in [5.41, 5.74) is 1.61. The molecule has 0 radical (unpaired) electrons. The molecule has 1 N–H and O–H groups in total. The number of aliphatic imine (C=N–C) groups is 1. The van der Waals surface area contributed by atoms with Crippen LogP contribution in [0.5, 0.6) is 0 Å². The molecule has 2 atom stereocenters. The van der Waals surface area contributed by atoms with E-state index in [2.05, 4.69) is 23.3 Å². The Morgan fingerprint density at radius 1 is 1.55 bits per heavy atom. The molecule has 1 aliphatic heterocycles. The fourth-order valence-electron chi connectivity index (χ4n) is 3.33. The van der Waals surface area contributed by atoms with Crippen LogP contribution in [-0.2, 0) is 6.42 Å². The predicted molar refractivity (Wildman–Crippen MR) is 86.2 cm³/mol. The first-order valence-electron chi connectivity index (χ1n) is 7.60. The molecule has 1 aromatic rings. The monoisotopic (exact) mass is 289 g/mol. The van der Waals surface area contributed by atoms with Gasteiger partial charge in [-0.15, -0.1) is 0 Å². The van der Waals surface area contributed by atoms with Gasteiger partial charge in [0.2, 0.25) is 0 Å². The van der Waals surface area contributed by atoms with Crippen LogP contribution >= 0.6 is 11.8 Å². The van der Waals surface area contributed by atoms with Crippen LogP contribution in [0.4, 0.5) is 0 Å². The van der Waals surface area contributed by atoms with Gasteiger partial charge in [-0.05, 0) is 36.8 Å². The van der Waals surface area contributed by atoms with Crippen molar-refractivity contribution in [1.82, 2.24) is 10.3 Å². The molecule has 0 aromatic carbocycles. The van der Waals surface area contributed by atoms with E-state index in [4.69, 9.17) is 4.99 Å². The van der Waals surface area contributed by atoms with Crippen LogP contribution in [0.25, 0.3) is 0 Å². The zero-order chi connectivity index (χ0) is 13.8. The Balaban J connectivity index is 1.53. The number of rotatable bonds is 3. The molecule has 2 heterocycles. The van der Waals surface area contributed by atoms with Crippen molar-refractivity contribution in [2.24, 2.45) is 10.9 Å². The lowest BCUT2D eigenvalue weighted by Gasteiger charge is -2.36. The Morgan fingerprint density at radius 2 is 2.50 bits per heavy atom. The fraction of sp³-hybridized carbons (Fsp3) is 0.625. The van der Waals surface area contributed by atoms with E-state index in [1.807, 2.05) is 30.2 Å². The smallest absolute Gasteiger partial charge is 0.157 e. The van der Waals surface area contributed by atoms with E-state index >= 15 is 0 Å². The number of aromatic nitrogens is 1. The third-order valence-corrected chi connectivity index (χ3v) is 5.53. The second-order valence-electron chi connectivity index (χ2n) is 6.19. The van der Waals surface area contributed by atoms with E-state index < -0.39 is 0 Å². The summed E-state index contributed by atoms with van der Waals surface area (Å²) >= 11 is 1.91. The van der Waals surface area contributed by atoms with Crippen molar-refractivity contribution < 1.29 is 0 Å². The van der Waals surface area contributed by atoms with Gasteiger partial charge in [0.25, 0.3) is 0 Å². The number of nitrogens with one attached hydrogen (secondary N) is 1. The lowest BCUT2D eigenvalue weighted by atomic mass is 9.78. The van der Waals surface area contributed by atoms with Gasteiger partial charge >= 0.3 is 0 Å². The van der Waals surface area contributed by atoms with E-state index in [1.54, 1.807) is 0 Å². The van der Waals surface area contributed by atoms with Gasteiger partial charge in [0.05, 0.1) is 0 Å². The third kappa shape index (κ3) is 3.35. The summed E-state index contributed by atoms with van der Waals surface area (Å²) in [6, 6.07) is 4.11. The van der Waals surface area contributed by atoms with Gasteiger partial charge in [-0.3, -0.25) is 9.98 Å². The summed E-state index contributed by atoms with van der Waals surface area (Å²) in [7, 11) is 0. The molecular formula is C16H23N3S. The largest absolute Gasteiger partial charge is 0.359 e. The Kier molecular flexibility index (Phi) is 4.29. The van der Waals surface area contributed by atoms with Crippen molar-refractivity contribution in [2.75, 3.05) is 12.3 Å². The second-order valence-corrected chi connectivity index (χ2v) is 7.16. The van der Waals surface area contributed by atoms with Crippen LogP contribution < -0.4 is 5.32 Å². The molecule has 2 fully saturated rings. The van der Waals surface area contributed by atoms with Crippen molar-refractivity contribution in [2.45, 2.75) is 44.6 Å². The molecule has 3 rings (SSSR count). The highest BCUT2D eigenvalue weighted by Gasteiger charge is 2.40. The number of hydrogen-bond donors (Lipinski definition) is 1. The minimum Gasteiger partial charge on any atom is -0.359 e. The molecule has 1 saturated heterocycles. The first kappa shape index (κ1) is 13.9. The van der Waals surface area contributed by atoms with Crippen molar-refractivity contribution in [3.8, 4) is 0 Å². The van der Waals surface area contributed by atoms with Crippen LogP contribution in [0.3, 0.4) is 0 Å². The first-order valence-corrected chi connectivity index (χ1v) is 8.59. The van der Waals surface area contributed by atoms with E-state index in [0.29, 0.717) is 5.54 Å². The molecule has 2 unspecified atom stereocenters. The molecular weight excluding hydrogens is 266 g/mol. The van der Waals surface area contributed by atoms with Crippen molar-refractivity contribution in [3.05, 3.63) is 30.1 Å². The number of pyridine rings is 1. The predicted octanol–water partition coefficient (Wildman–Crippen LogP) is 3.27. The zero-order valence-corrected chi connectivity index (χ0v) is 13.0. The number of amidine groups is 1. The quantitative estimate of drug-likeness (QED) is 0.928. The first-order chi connectivity index (χ1) is 9.76. The van der Waals surface area contributed by atoms with Crippen molar-refractivity contribution in [1.29, 1.82) is 0 Å². The number of hydrogen-bond acceptors (Lipinski definition) is 3. The second kappa shape index (κ2) is 6.17. The van der Waals surface area contributed by atoms with Crippen molar-refractivity contribution >= 4 is 16.9 Å². The zero-order valence-electron chi connectivity index (χ0n) is 12.1. The summed E-state index contributed by atoms with van der Waals surface area (Å²) in [5, 5.41) is 4.88. The molecule has 0 amide bonds. The summed E-state index contributed by atoms with van der Waals surface area (Å²) in [6.45, 7) is 3.23. The average molecular weight is 289 g/mol. The van der Waals surface area contributed by atoms with Crippen LogP contribution in [0.1, 0.15) is 38.2 Å². The molecule has 1 aromatic heterocycles. The molecule has 4 heteroatoms. The Hall–Kier alpha value is -1.03. The van der Waals surface area contributed by atoms with Gasteiger partial charge in [-0.1, -0.05) is 37.6 Å². The summed E-state index contributed by atoms with van der Waals surface area (Å²) < 4.78 is 0. The Morgan fingerprint density at radius 3 is 3.30 bits per heavy atom. The van der Waals surface area contributed by atoms with E-state index in [-0.39, 0.29) is 0 Å². The Labute approximate surface area is 125 Å². The summed E-state index contributed by atoms with van der Waals surface area (Å²) in [4.78, 5) is 8.88. The number of nitrogens with zero attached hydrogens (tertiary/aromatic N) is 2. The van der Waals surface area contributed by atoms with Gasteiger partial charge < -0.3 is 5.32 Å². The highest BCUT2D eigenvalue weighted by atomic mass is 32.2. The molecule has 0 bridgehead atoms. The molecule has 2 aliphatic rings.